The molecule has 5 rings (SSSR count). The maximum Gasteiger partial charge on any atom is 0.0955 e. The van der Waals surface area contributed by atoms with Crippen LogP contribution in [0.4, 0.5) is 0 Å². The number of hydrogen-bond donors (Lipinski definition) is 2. The van der Waals surface area contributed by atoms with Crippen LogP contribution in [0.1, 0.15) is 11.3 Å². The first kappa shape index (κ1) is 18.7. The molecule has 1 saturated heterocycles. The molecule has 0 bridgehead atoms. The van der Waals surface area contributed by atoms with E-state index in [1.165, 1.54) is 49.5 Å². The van der Waals surface area contributed by atoms with Crippen molar-refractivity contribution in [1.82, 2.24) is 20.4 Å². The fraction of sp³-hybridized carbons (Fsp3) is 0.526. The molecule has 2 aromatic rings. The van der Waals surface area contributed by atoms with E-state index in [1.807, 2.05) is 0 Å². The zero-order chi connectivity index (χ0) is 15.2. The van der Waals surface area contributed by atoms with Crippen molar-refractivity contribution in [3.63, 3.8) is 0 Å². The predicted octanol–water partition coefficient (Wildman–Crippen LogP) is 2.79. The van der Waals surface area contributed by atoms with E-state index in [9.17, 15) is 0 Å². The van der Waals surface area contributed by atoms with Crippen molar-refractivity contribution in [2.75, 3.05) is 32.7 Å². The van der Waals surface area contributed by atoms with Gasteiger partial charge in [-0.15, -0.1) is 24.8 Å². The lowest BCUT2D eigenvalue weighted by Gasteiger charge is -2.20. The van der Waals surface area contributed by atoms with Gasteiger partial charge in [0.2, 0.25) is 0 Å². The summed E-state index contributed by atoms with van der Waals surface area (Å²) in [6, 6.07) is 10.6. The molecule has 25 heavy (non-hydrogen) atoms. The highest BCUT2D eigenvalue weighted by Gasteiger charge is 2.52. The summed E-state index contributed by atoms with van der Waals surface area (Å²) < 4.78 is 0. The van der Waals surface area contributed by atoms with E-state index < -0.39 is 0 Å². The highest BCUT2D eigenvalue weighted by Crippen LogP contribution is 2.49. The second-order valence-corrected chi connectivity index (χ2v) is 7.35. The van der Waals surface area contributed by atoms with Crippen LogP contribution in [-0.4, -0.2) is 47.8 Å². The van der Waals surface area contributed by atoms with Gasteiger partial charge in [-0.2, -0.15) is 5.10 Å². The Balaban J connectivity index is 0.000000911. The van der Waals surface area contributed by atoms with Gasteiger partial charge in [-0.05, 0) is 37.3 Å². The Hall–Kier alpha value is -1.07. The maximum atomic E-state index is 4.60. The van der Waals surface area contributed by atoms with Gasteiger partial charge in [0, 0.05) is 42.9 Å². The molecule has 1 aromatic carbocycles. The second kappa shape index (κ2) is 7.67. The molecule has 0 spiro atoms. The van der Waals surface area contributed by atoms with Gasteiger partial charge in [0.1, 0.15) is 0 Å². The van der Waals surface area contributed by atoms with E-state index >= 15 is 0 Å². The first-order chi connectivity index (χ1) is 11.4. The number of nitrogens with one attached hydrogen (secondary N) is 2. The Kier molecular flexibility index (Phi) is 5.74. The minimum Gasteiger partial charge on any atom is -0.316 e. The van der Waals surface area contributed by atoms with E-state index in [4.69, 9.17) is 0 Å². The lowest BCUT2D eigenvalue weighted by Crippen LogP contribution is -2.31. The SMILES string of the molecule is Cl.Cl.c1ccc(-c2n[nH]c3c2CCN(CC2[C@H]4CNC[C@@H]24)CC3)cc1. The number of fused-ring (bicyclic) bond motifs is 2. The van der Waals surface area contributed by atoms with Gasteiger partial charge in [0.15, 0.2) is 0 Å². The minimum absolute atomic E-state index is 0. The van der Waals surface area contributed by atoms with Crippen LogP contribution in [0.25, 0.3) is 11.3 Å². The van der Waals surface area contributed by atoms with Crippen molar-refractivity contribution in [1.29, 1.82) is 0 Å². The monoisotopic (exact) mass is 380 g/mol. The zero-order valence-electron chi connectivity index (χ0n) is 14.3. The lowest BCUT2D eigenvalue weighted by atomic mass is 10.0. The lowest BCUT2D eigenvalue weighted by molar-refractivity contribution is 0.262. The predicted molar refractivity (Wildman–Crippen MR) is 106 cm³/mol. The summed E-state index contributed by atoms with van der Waals surface area (Å²) in [6.45, 7) is 6.16. The average molecular weight is 381 g/mol. The fourth-order valence-electron chi connectivity index (χ4n) is 4.66. The molecule has 2 fully saturated rings. The summed E-state index contributed by atoms with van der Waals surface area (Å²) in [4.78, 5) is 2.69. The highest BCUT2D eigenvalue weighted by atomic mass is 35.5. The number of rotatable bonds is 3. The molecule has 3 heterocycles. The molecule has 1 saturated carbocycles. The third-order valence-corrected chi connectivity index (χ3v) is 6.09. The molecule has 1 aliphatic carbocycles. The van der Waals surface area contributed by atoms with Crippen LogP contribution in [0.3, 0.4) is 0 Å². The summed E-state index contributed by atoms with van der Waals surface area (Å²) in [7, 11) is 0. The molecule has 1 aromatic heterocycles. The van der Waals surface area contributed by atoms with Crippen molar-refractivity contribution in [2.24, 2.45) is 17.8 Å². The smallest absolute Gasteiger partial charge is 0.0955 e. The van der Waals surface area contributed by atoms with Gasteiger partial charge >= 0.3 is 0 Å². The summed E-state index contributed by atoms with van der Waals surface area (Å²) in [5.41, 5.74) is 5.19. The second-order valence-electron chi connectivity index (χ2n) is 7.35. The molecule has 0 radical (unpaired) electrons. The van der Waals surface area contributed by atoms with Gasteiger partial charge < -0.3 is 10.2 Å². The number of nitrogens with zero attached hydrogens (tertiary/aromatic N) is 2. The Morgan fingerprint density at radius 3 is 2.48 bits per heavy atom. The van der Waals surface area contributed by atoms with Crippen LogP contribution in [0.15, 0.2) is 30.3 Å². The maximum absolute atomic E-state index is 4.60. The number of benzene rings is 1. The van der Waals surface area contributed by atoms with Gasteiger partial charge in [0.25, 0.3) is 0 Å². The van der Waals surface area contributed by atoms with Crippen molar-refractivity contribution >= 4 is 24.8 Å². The molecule has 136 valence electrons. The number of piperidine rings is 1. The molecule has 3 aliphatic rings. The first-order valence-electron chi connectivity index (χ1n) is 8.95. The highest BCUT2D eigenvalue weighted by molar-refractivity contribution is 5.85. The molecule has 2 aliphatic heterocycles. The van der Waals surface area contributed by atoms with Crippen molar-refractivity contribution < 1.29 is 0 Å². The van der Waals surface area contributed by atoms with Crippen LogP contribution in [0, 0.1) is 17.8 Å². The van der Waals surface area contributed by atoms with Crippen molar-refractivity contribution in [3.8, 4) is 11.3 Å². The van der Waals surface area contributed by atoms with Crippen molar-refractivity contribution in [3.05, 3.63) is 41.6 Å². The molecular formula is C19H26Cl2N4. The summed E-state index contributed by atoms with van der Waals surface area (Å²) in [6.07, 6.45) is 2.23. The van der Waals surface area contributed by atoms with Crippen LogP contribution in [0.5, 0.6) is 0 Å². The number of aromatic amines is 1. The summed E-state index contributed by atoms with van der Waals surface area (Å²) in [5.74, 6) is 2.90. The number of halogens is 2. The third kappa shape index (κ3) is 3.45. The van der Waals surface area contributed by atoms with Gasteiger partial charge in [0.05, 0.1) is 5.69 Å². The number of hydrogen-bond acceptors (Lipinski definition) is 3. The average Bonchev–Trinajstić information content (AvgIpc) is 2.95. The van der Waals surface area contributed by atoms with Crippen LogP contribution >= 0.6 is 24.8 Å². The molecule has 0 amide bonds. The Bertz CT molecular complexity index is 693. The molecule has 3 atom stereocenters. The van der Waals surface area contributed by atoms with Gasteiger partial charge in [-0.1, -0.05) is 30.3 Å². The van der Waals surface area contributed by atoms with E-state index in [1.54, 1.807) is 0 Å². The molecule has 2 N–H and O–H groups in total. The topological polar surface area (TPSA) is 44.0 Å². The number of H-pyrrole nitrogens is 1. The van der Waals surface area contributed by atoms with E-state index in [0.29, 0.717) is 0 Å². The van der Waals surface area contributed by atoms with Crippen molar-refractivity contribution in [2.45, 2.75) is 12.8 Å². The third-order valence-electron chi connectivity index (χ3n) is 6.09. The molecule has 1 unspecified atom stereocenters. The Morgan fingerprint density at radius 1 is 1.00 bits per heavy atom. The van der Waals surface area contributed by atoms with Crippen LogP contribution < -0.4 is 5.32 Å². The van der Waals surface area contributed by atoms with Gasteiger partial charge in [-0.25, -0.2) is 0 Å². The normalized spacial score (nSPS) is 27.4. The van der Waals surface area contributed by atoms with Gasteiger partial charge in [-0.3, -0.25) is 5.10 Å². The van der Waals surface area contributed by atoms with E-state index in [0.717, 1.165) is 36.3 Å². The summed E-state index contributed by atoms with van der Waals surface area (Å²) >= 11 is 0. The van der Waals surface area contributed by atoms with Crippen LogP contribution in [-0.2, 0) is 12.8 Å². The van der Waals surface area contributed by atoms with E-state index in [2.05, 4.69) is 50.7 Å². The molecule has 6 heteroatoms. The Morgan fingerprint density at radius 2 is 1.72 bits per heavy atom. The number of aromatic nitrogens is 2. The quantitative estimate of drug-likeness (QED) is 0.860. The Labute approximate surface area is 161 Å². The zero-order valence-corrected chi connectivity index (χ0v) is 15.9. The van der Waals surface area contributed by atoms with Crippen LogP contribution in [0.2, 0.25) is 0 Å². The largest absolute Gasteiger partial charge is 0.316 e. The minimum atomic E-state index is 0. The summed E-state index contributed by atoms with van der Waals surface area (Å²) in [5, 5.41) is 11.4. The first-order valence-corrected chi connectivity index (χ1v) is 8.95. The van der Waals surface area contributed by atoms with E-state index in [-0.39, 0.29) is 24.8 Å². The standard InChI is InChI=1S/C19H24N4.2ClH/c1-2-4-13(5-3-1)19-14-6-8-23(9-7-18(14)21-22-19)12-17-15-10-20-11-16(15)17;;/h1-5,15-17,20H,6-12H2,(H,21,22);2*1H/t15-,16+,17?;;. The molecular weight excluding hydrogens is 355 g/mol. The fourth-order valence-corrected chi connectivity index (χ4v) is 4.66. The molecule has 4 nitrogen and oxygen atoms in total.